The summed E-state index contributed by atoms with van der Waals surface area (Å²) in [5.41, 5.74) is 0.0821. The molecule has 0 bridgehead atoms. The molecule has 31 heavy (non-hydrogen) atoms. The molecule has 1 aliphatic carbocycles. The number of carbonyl (C=O) groups excluding carboxylic acids is 1. The minimum absolute atomic E-state index is 0.0710. The van der Waals surface area contributed by atoms with Gasteiger partial charge >= 0.3 is 0 Å². The van der Waals surface area contributed by atoms with Crippen LogP contribution in [0.15, 0.2) is 48.5 Å². The van der Waals surface area contributed by atoms with E-state index in [0.29, 0.717) is 12.8 Å². The molecule has 1 saturated carbocycles. The summed E-state index contributed by atoms with van der Waals surface area (Å²) in [7, 11) is -3.50. The summed E-state index contributed by atoms with van der Waals surface area (Å²) < 4.78 is 54.9. The predicted molar refractivity (Wildman–Crippen MR) is 113 cm³/mol. The SMILES string of the molecule is O=C(NCc1cc(F)ccc1F)[C@@]12CCCC[C@H]1N(Cc1ccccc1)S(=O)(=O)CC2. The number of fused-ring (bicyclic) bond motifs is 1. The number of benzene rings is 2. The monoisotopic (exact) mass is 448 g/mol. The first-order valence-corrected chi connectivity index (χ1v) is 12.2. The molecule has 2 aliphatic rings. The lowest BCUT2D eigenvalue weighted by atomic mass is 9.67. The van der Waals surface area contributed by atoms with Crippen molar-refractivity contribution in [3.8, 4) is 0 Å². The number of nitrogens with one attached hydrogen (secondary N) is 1. The van der Waals surface area contributed by atoms with E-state index in [1.54, 1.807) is 0 Å². The molecule has 2 atom stereocenters. The van der Waals surface area contributed by atoms with E-state index in [1.165, 1.54) is 4.31 Å². The van der Waals surface area contributed by atoms with Crippen LogP contribution in [-0.4, -0.2) is 30.4 Å². The first-order chi connectivity index (χ1) is 14.8. The van der Waals surface area contributed by atoms with Gasteiger partial charge in [0.05, 0.1) is 11.2 Å². The van der Waals surface area contributed by atoms with E-state index in [-0.39, 0.29) is 36.7 Å². The summed E-state index contributed by atoms with van der Waals surface area (Å²) in [5, 5.41) is 2.77. The quantitative estimate of drug-likeness (QED) is 0.758. The Morgan fingerprint density at radius 1 is 1.10 bits per heavy atom. The van der Waals surface area contributed by atoms with E-state index in [0.717, 1.165) is 36.6 Å². The van der Waals surface area contributed by atoms with Crippen molar-refractivity contribution in [2.24, 2.45) is 5.41 Å². The Bertz CT molecular complexity index is 1060. The Labute approximate surface area is 181 Å². The van der Waals surface area contributed by atoms with E-state index in [4.69, 9.17) is 0 Å². The van der Waals surface area contributed by atoms with Crippen LogP contribution in [0.4, 0.5) is 8.78 Å². The highest BCUT2D eigenvalue weighted by atomic mass is 32.2. The predicted octanol–water partition coefficient (Wildman–Crippen LogP) is 3.75. The molecule has 5 nitrogen and oxygen atoms in total. The minimum Gasteiger partial charge on any atom is -0.351 e. The number of rotatable bonds is 5. The highest BCUT2D eigenvalue weighted by Gasteiger charge is 2.55. The molecule has 2 fully saturated rings. The summed E-state index contributed by atoms with van der Waals surface area (Å²) in [4.78, 5) is 13.4. The molecule has 1 heterocycles. The summed E-state index contributed by atoms with van der Waals surface area (Å²) in [6.45, 7) is 0.0870. The number of nitrogens with zero attached hydrogens (tertiary/aromatic N) is 1. The first kappa shape index (κ1) is 21.9. The molecule has 1 N–H and O–H groups in total. The van der Waals surface area contributed by atoms with Gasteiger partial charge in [-0.2, -0.15) is 4.31 Å². The zero-order chi connectivity index (χ0) is 22.1. The Morgan fingerprint density at radius 2 is 1.87 bits per heavy atom. The molecule has 0 spiro atoms. The largest absolute Gasteiger partial charge is 0.351 e. The second-order valence-electron chi connectivity index (χ2n) is 8.43. The Balaban J connectivity index is 1.60. The van der Waals surface area contributed by atoms with Gasteiger partial charge in [-0.1, -0.05) is 43.2 Å². The van der Waals surface area contributed by atoms with Gasteiger partial charge in [0, 0.05) is 24.7 Å². The highest BCUT2D eigenvalue weighted by Crippen LogP contribution is 2.47. The van der Waals surface area contributed by atoms with Crippen molar-refractivity contribution in [2.75, 3.05) is 5.75 Å². The minimum atomic E-state index is -3.50. The number of sulfonamides is 1. The van der Waals surface area contributed by atoms with Crippen molar-refractivity contribution in [3.05, 3.63) is 71.3 Å². The van der Waals surface area contributed by atoms with Crippen LogP contribution in [-0.2, 0) is 27.9 Å². The van der Waals surface area contributed by atoms with Gasteiger partial charge in [-0.25, -0.2) is 17.2 Å². The molecule has 0 aromatic heterocycles. The van der Waals surface area contributed by atoms with Gasteiger partial charge in [-0.3, -0.25) is 4.79 Å². The van der Waals surface area contributed by atoms with Gasteiger partial charge in [0.25, 0.3) is 0 Å². The van der Waals surface area contributed by atoms with Crippen molar-refractivity contribution < 1.29 is 22.0 Å². The zero-order valence-electron chi connectivity index (χ0n) is 17.2. The van der Waals surface area contributed by atoms with E-state index in [2.05, 4.69) is 5.32 Å². The van der Waals surface area contributed by atoms with Gasteiger partial charge in [0.15, 0.2) is 0 Å². The standard InChI is InChI=1S/C23H26F2N2O3S/c24-19-9-10-20(25)18(14-19)15-26-22(28)23-11-5-4-8-21(23)27(31(29,30)13-12-23)16-17-6-2-1-3-7-17/h1-3,6-7,9-10,14,21H,4-5,8,11-13,15-16H2,(H,26,28)/t21-,23-/m1/s1. The molecule has 2 aromatic carbocycles. The van der Waals surface area contributed by atoms with E-state index < -0.39 is 33.1 Å². The zero-order valence-corrected chi connectivity index (χ0v) is 18.0. The average Bonchev–Trinajstić information content (AvgIpc) is 2.77. The van der Waals surface area contributed by atoms with E-state index >= 15 is 0 Å². The van der Waals surface area contributed by atoms with Crippen LogP contribution in [0.3, 0.4) is 0 Å². The van der Waals surface area contributed by atoms with Crippen molar-refractivity contribution in [1.29, 1.82) is 0 Å². The summed E-state index contributed by atoms with van der Waals surface area (Å²) in [6.07, 6.45) is 3.10. The van der Waals surface area contributed by atoms with Gasteiger partial charge in [0.2, 0.25) is 15.9 Å². The van der Waals surface area contributed by atoms with Crippen molar-refractivity contribution in [1.82, 2.24) is 9.62 Å². The molecular weight excluding hydrogens is 422 g/mol. The lowest BCUT2D eigenvalue weighted by molar-refractivity contribution is -0.137. The molecule has 2 aromatic rings. The Morgan fingerprint density at radius 3 is 2.65 bits per heavy atom. The van der Waals surface area contributed by atoms with E-state index in [1.807, 2.05) is 30.3 Å². The van der Waals surface area contributed by atoms with Crippen LogP contribution in [0.25, 0.3) is 0 Å². The number of hydrogen-bond acceptors (Lipinski definition) is 3. The van der Waals surface area contributed by atoms with Crippen molar-refractivity contribution >= 4 is 15.9 Å². The lowest BCUT2D eigenvalue weighted by Crippen LogP contribution is -2.62. The average molecular weight is 449 g/mol. The van der Waals surface area contributed by atoms with Gasteiger partial charge < -0.3 is 5.32 Å². The Kier molecular flexibility index (Phi) is 6.12. The summed E-state index contributed by atoms with van der Waals surface area (Å²) >= 11 is 0. The molecule has 0 unspecified atom stereocenters. The molecule has 1 saturated heterocycles. The molecule has 8 heteroatoms. The first-order valence-electron chi connectivity index (χ1n) is 10.6. The highest BCUT2D eigenvalue weighted by molar-refractivity contribution is 7.89. The molecule has 166 valence electrons. The van der Waals surface area contributed by atoms with Crippen molar-refractivity contribution in [2.45, 2.75) is 51.2 Å². The van der Waals surface area contributed by atoms with Crippen LogP contribution >= 0.6 is 0 Å². The number of halogens is 2. The maximum absolute atomic E-state index is 14.0. The third-order valence-electron chi connectivity index (χ3n) is 6.58. The van der Waals surface area contributed by atoms with Gasteiger partial charge in [-0.05, 0) is 43.0 Å². The van der Waals surface area contributed by atoms with Crippen LogP contribution in [0, 0.1) is 17.0 Å². The topological polar surface area (TPSA) is 66.5 Å². The summed E-state index contributed by atoms with van der Waals surface area (Å²) in [6, 6.07) is 12.0. The fraction of sp³-hybridized carbons (Fsp3) is 0.435. The second-order valence-corrected chi connectivity index (χ2v) is 10.5. The third kappa shape index (κ3) is 4.36. The van der Waals surface area contributed by atoms with Gasteiger partial charge in [0.1, 0.15) is 11.6 Å². The number of amides is 1. The van der Waals surface area contributed by atoms with Crippen LogP contribution in [0.5, 0.6) is 0 Å². The van der Waals surface area contributed by atoms with Crippen molar-refractivity contribution in [3.63, 3.8) is 0 Å². The van der Waals surface area contributed by atoms with E-state index in [9.17, 15) is 22.0 Å². The van der Waals surface area contributed by atoms with Crippen LogP contribution < -0.4 is 5.32 Å². The fourth-order valence-corrected chi connectivity index (χ4v) is 6.83. The van der Waals surface area contributed by atoms with Crippen LogP contribution in [0.1, 0.15) is 43.2 Å². The fourth-order valence-electron chi connectivity index (χ4n) is 4.94. The molecule has 1 amide bonds. The second kappa shape index (κ2) is 8.67. The Hall–Kier alpha value is -2.32. The lowest BCUT2D eigenvalue weighted by Gasteiger charge is -2.50. The molecule has 0 radical (unpaired) electrons. The molecule has 1 aliphatic heterocycles. The maximum atomic E-state index is 14.0. The number of hydrogen-bond donors (Lipinski definition) is 1. The van der Waals surface area contributed by atoms with Crippen LogP contribution in [0.2, 0.25) is 0 Å². The third-order valence-corrected chi connectivity index (χ3v) is 8.40. The summed E-state index contributed by atoms with van der Waals surface area (Å²) in [5.74, 6) is -1.54. The molecule has 4 rings (SSSR count). The smallest absolute Gasteiger partial charge is 0.228 e. The maximum Gasteiger partial charge on any atom is 0.228 e. The molecular formula is C23H26F2N2O3S. The number of carbonyl (C=O) groups is 1. The van der Waals surface area contributed by atoms with Gasteiger partial charge in [-0.15, -0.1) is 0 Å². The normalized spacial score (nSPS) is 25.5.